The SMILES string of the molecule is Cc1[nH]c2ccccc2c1C(=O)C(=O)Nc1c2c(nn1CC(=O)NCc1ccc(F)cc1)CSC2. The van der Waals surface area contributed by atoms with Crippen LogP contribution in [0.4, 0.5) is 10.2 Å². The highest BCUT2D eigenvalue weighted by atomic mass is 32.2. The van der Waals surface area contributed by atoms with Gasteiger partial charge in [0.05, 0.1) is 11.3 Å². The molecule has 4 aromatic rings. The molecule has 0 saturated heterocycles. The first-order valence-electron chi connectivity index (χ1n) is 11.0. The van der Waals surface area contributed by atoms with Crippen molar-refractivity contribution in [3.05, 3.63) is 82.4 Å². The van der Waals surface area contributed by atoms with Gasteiger partial charge in [0.1, 0.15) is 18.2 Å². The van der Waals surface area contributed by atoms with Crippen LogP contribution in [0.1, 0.15) is 32.9 Å². The van der Waals surface area contributed by atoms with Gasteiger partial charge < -0.3 is 15.6 Å². The molecule has 178 valence electrons. The summed E-state index contributed by atoms with van der Waals surface area (Å²) in [6.07, 6.45) is 0. The summed E-state index contributed by atoms with van der Waals surface area (Å²) in [4.78, 5) is 41.9. The largest absolute Gasteiger partial charge is 0.358 e. The molecule has 0 saturated carbocycles. The average molecular weight is 492 g/mol. The van der Waals surface area contributed by atoms with E-state index in [1.54, 1.807) is 36.9 Å². The highest BCUT2D eigenvalue weighted by molar-refractivity contribution is 7.98. The van der Waals surface area contributed by atoms with Crippen LogP contribution in [0.3, 0.4) is 0 Å². The van der Waals surface area contributed by atoms with Crippen LogP contribution < -0.4 is 10.6 Å². The summed E-state index contributed by atoms with van der Waals surface area (Å²) < 4.78 is 14.5. The zero-order valence-corrected chi connectivity index (χ0v) is 19.7. The second-order valence-electron chi connectivity index (χ2n) is 8.28. The van der Waals surface area contributed by atoms with E-state index >= 15 is 0 Å². The minimum absolute atomic E-state index is 0.130. The number of fused-ring (bicyclic) bond motifs is 2. The summed E-state index contributed by atoms with van der Waals surface area (Å²) in [5.74, 6) is -0.462. The number of anilines is 1. The van der Waals surface area contributed by atoms with E-state index < -0.39 is 11.7 Å². The molecule has 10 heteroatoms. The Morgan fingerprint density at radius 1 is 1.11 bits per heavy atom. The Labute approximate surface area is 204 Å². The molecule has 0 fully saturated rings. The predicted molar refractivity (Wildman–Crippen MR) is 131 cm³/mol. The van der Waals surface area contributed by atoms with Crippen LogP contribution in [0.25, 0.3) is 10.9 Å². The molecule has 0 atom stereocenters. The Bertz CT molecular complexity index is 1460. The lowest BCUT2D eigenvalue weighted by Gasteiger charge is -2.11. The molecule has 5 rings (SSSR count). The molecule has 2 aromatic heterocycles. The normalized spacial score (nSPS) is 12.5. The molecule has 0 aliphatic carbocycles. The fraction of sp³-hybridized carbons (Fsp3) is 0.200. The molecule has 35 heavy (non-hydrogen) atoms. The maximum absolute atomic E-state index is 13.1. The van der Waals surface area contributed by atoms with Crippen LogP contribution in [0, 0.1) is 12.7 Å². The van der Waals surface area contributed by atoms with Crippen molar-refractivity contribution in [2.24, 2.45) is 0 Å². The number of nitrogens with zero attached hydrogens (tertiary/aromatic N) is 2. The van der Waals surface area contributed by atoms with Crippen LogP contribution >= 0.6 is 11.8 Å². The summed E-state index contributed by atoms with van der Waals surface area (Å²) in [7, 11) is 0. The Kier molecular flexibility index (Phi) is 6.12. The zero-order chi connectivity index (χ0) is 24.5. The summed E-state index contributed by atoms with van der Waals surface area (Å²) in [5, 5.41) is 10.7. The maximum atomic E-state index is 13.1. The van der Waals surface area contributed by atoms with Crippen molar-refractivity contribution >= 4 is 46.1 Å². The molecule has 2 aromatic carbocycles. The van der Waals surface area contributed by atoms with Gasteiger partial charge in [-0.3, -0.25) is 14.4 Å². The van der Waals surface area contributed by atoms with E-state index in [1.165, 1.54) is 16.8 Å². The van der Waals surface area contributed by atoms with E-state index in [9.17, 15) is 18.8 Å². The van der Waals surface area contributed by atoms with Gasteiger partial charge in [-0.2, -0.15) is 16.9 Å². The van der Waals surface area contributed by atoms with Gasteiger partial charge in [-0.1, -0.05) is 30.3 Å². The van der Waals surface area contributed by atoms with Crippen molar-refractivity contribution in [1.29, 1.82) is 0 Å². The molecule has 0 bridgehead atoms. The molecule has 0 unspecified atom stereocenters. The number of para-hydroxylation sites is 1. The number of aryl methyl sites for hydroxylation is 1. The number of Topliss-reactive ketones (excluding diaryl/α,β-unsaturated/α-hetero) is 1. The van der Waals surface area contributed by atoms with Crippen molar-refractivity contribution in [3.63, 3.8) is 0 Å². The Morgan fingerprint density at radius 3 is 2.69 bits per heavy atom. The minimum Gasteiger partial charge on any atom is -0.358 e. The van der Waals surface area contributed by atoms with Crippen molar-refractivity contribution in [1.82, 2.24) is 20.1 Å². The van der Waals surface area contributed by atoms with Gasteiger partial charge in [-0.25, -0.2) is 9.07 Å². The summed E-state index contributed by atoms with van der Waals surface area (Å²) in [6.45, 7) is 1.86. The summed E-state index contributed by atoms with van der Waals surface area (Å²) in [6, 6.07) is 13.2. The third kappa shape index (κ3) is 4.57. The van der Waals surface area contributed by atoms with Gasteiger partial charge >= 0.3 is 0 Å². The number of hydrogen-bond acceptors (Lipinski definition) is 5. The van der Waals surface area contributed by atoms with Crippen molar-refractivity contribution < 1.29 is 18.8 Å². The van der Waals surface area contributed by atoms with Crippen LogP contribution in [0.15, 0.2) is 48.5 Å². The number of H-pyrrole nitrogens is 1. The van der Waals surface area contributed by atoms with Crippen LogP contribution in [-0.2, 0) is 34.2 Å². The first kappa shape index (κ1) is 22.9. The molecule has 0 radical (unpaired) electrons. The number of carbonyl (C=O) groups is 3. The number of aromatic nitrogens is 3. The van der Waals surface area contributed by atoms with Gasteiger partial charge in [0.2, 0.25) is 5.91 Å². The Hall–Kier alpha value is -3.92. The molecule has 1 aliphatic heterocycles. The van der Waals surface area contributed by atoms with Gasteiger partial charge in [-0.05, 0) is 30.7 Å². The molecular weight excluding hydrogens is 469 g/mol. The highest BCUT2D eigenvalue weighted by Gasteiger charge is 2.28. The minimum atomic E-state index is -0.787. The monoisotopic (exact) mass is 491 g/mol. The number of aromatic amines is 1. The predicted octanol–water partition coefficient (Wildman–Crippen LogP) is 3.70. The van der Waals surface area contributed by atoms with Crippen LogP contribution in [0.2, 0.25) is 0 Å². The Balaban J connectivity index is 1.33. The van der Waals surface area contributed by atoms with E-state index in [1.807, 2.05) is 18.2 Å². The van der Waals surface area contributed by atoms with E-state index in [0.717, 1.165) is 22.3 Å². The van der Waals surface area contributed by atoms with E-state index in [-0.39, 0.29) is 24.8 Å². The topological polar surface area (TPSA) is 109 Å². The van der Waals surface area contributed by atoms with Gasteiger partial charge in [-0.15, -0.1) is 0 Å². The second-order valence-corrected chi connectivity index (χ2v) is 9.27. The number of carbonyl (C=O) groups excluding carboxylic acids is 3. The molecule has 3 N–H and O–H groups in total. The number of thioether (sulfide) groups is 1. The number of hydrogen-bond donors (Lipinski definition) is 3. The Morgan fingerprint density at radius 2 is 1.89 bits per heavy atom. The number of nitrogens with one attached hydrogen (secondary N) is 3. The fourth-order valence-corrected chi connectivity index (χ4v) is 5.20. The number of halogens is 1. The van der Waals surface area contributed by atoms with Crippen LogP contribution in [0.5, 0.6) is 0 Å². The van der Waals surface area contributed by atoms with Gasteiger partial charge in [0.25, 0.3) is 11.7 Å². The van der Waals surface area contributed by atoms with Crippen molar-refractivity contribution in [3.8, 4) is 0 Å². The van der Waals surface area contributed by atoms with E-state index in [4.69, 9.17) is 0 Å². The van der Waals surface area contributed by atoms with Crippen molar-refractivity contribution in [2.45, 2.75) is 31.5 Å². The first-order chi connectivity index (χ1) is 16.9. The van der Waals surface area contributed by atoms with Gasteiger partial charge in [0, 0.05) is 40.2 Å². The second kappa shape index (κ2) is 9.38. The fourth-order valence-electron chi connectivity index (χ4n) is 4.16. The summed E-state index contributed by atoms with van der Waals surface area (Å²) >= 11 is 1.65. The first-order valence-corrected chi connectivity index (χ1v) is 12.2. The summed E-state index contributed by atoms with van der Waals surface area (Å²) in [5.41, 5.74) is 4.08. The number of amides is 2. The lowest BCUT2D eigenvalue weighted by Crippen LogP contribution is -2.30. The molecule has 2 amide bonds. The van der Waals surface area contributed by atoms with Gasteiger partial charge in [0.15, 0.2) is 0 Å². The lowest BCUT2D eigenvalue weighted by molar-refractivity contribution is -0.122. The number of benzene rings is 2. The number of ketones is 1. The molecule has 3 heterocycles. The lowest BCUT2D eigenvalue weighted by atomic mass is 10.1. The third-order valence-corrected chi connectivity index (χ3v) is 6.84. The smallest absolute Gasteiger partial charge is 0.298 e. The third-order valence-electron chi connectivity index (χ3n) is 5.87. The molecule has 8 nitrogen and oxygen atoms in total. The van der Waals surface area contributed by atoms with Crippen LogP contribution in [-0.4, -0.2) is 32.4 Å². The highest BCUT2D eigenvalue weighted by Crippen LogP contribution is 2.35. The van der Waals surface area contributed by atoms with Crippen molar-refractivity contribution in [2.75, 3.05) is 5.32 Å². The van der Waals surface area contributed by atoms with E-state index in [2.05, 4.69) is 20.7 Å². The van der Waals surface area contributed by atoms with E-state index in [0.29, 0.717) is 34.0 Å². The quantitative estimate of drug-likeness (QED) is 0.270. The average Bonchev–Trinajstić information content (AvgIpc) is 3.52. The molecular formula is C25H22FN5O3S. The number of rotatable bonds is 7. The standard InChI is InChI=1S/C25H22FN5O3S/c1-14-22(17-4-2-3-5-19(17)28-14)23(33)25(34)29-24-18-12-35-13-20(18)30-31(24)11-21(32)27-10-15-6-8-16(26)9-7-15/h2-9,28H,10-13H2,1H3,(H,27,32)(H,29,34). The molecule has 0 spiro atoms. The zero-order valence-electron chi connectivity index (χ0n) is 18.9. The maximum Gasteiger partial charge on any atom is 0.298 e. The molecule has 1 aliphatic rings.